The van der Waals surface area contributed by atoms with Crippen molar-refractivity contribution in [3.8, 4) is 5.75 Å². The topological polar surface area (TPSA) is 93.7 Å². The summed E-state index contributed by atoms with van der Waals surface area (Å²) in [5.41, 5.74) is 2.25. The minimum absolute atomic E-state index is 0.136. The van der Waals surface area contributed by atoms with Gasteiger partial charge in [0.1, 0.15) is 5.75 Å². The van der Waals surface area contributed by atoms with Crippen molar-refractivity contribution >= 4 is 23.7 Å². The molecule has 2 amide bonds. The minimum atomic E-state index is -0.781. The van der Waals surface area contributed by atoms with Gasteiger partial charge in [0.2, 0.25) is 5.91 Å². The molecular formula is C29H34N2O5. The summed E-state index contributed by atoms with van der Waals surface area (Å²) >= 11 is 0. The normalized spacial score (nSPS) is 25.8. The second-order valence-corrected chi connectivity index (χ2v) is 10.8. The maximum absolute atomic E-state index is 12.9. The minimum Gasteiger partial charge on any atom is -0.434 e. The number of carbonyl (C=O) groups is 3. The first-order chi connectivity index (χ1) is 17.4. The highest BCUT2D eigenvalue weighted by Crippen LogP contribution is 2.61. The molecule has 4 aliphatic rings. The standard InChI is InChI=1S/C29H34N2O5/c1-2-35-28(34)36-25-8-6-23(7-9-25)27(33)31-24-5-3-4-19(13-24)18-30-26(32)17-29-14-20-10-21(15-29)12-22(11-20)16-29/h3-9,13,20-22H,2,10-12,14-18H2,1H3,(H,30,32)(H,31,33). The molecule has 4 saturated carbocycles. The number of amides is 2. The molecule has 0 aromatic heterocycles. The van der Waals surface area contributed by atoms with E-state index in [-0.39, 0.29) is 23.8 Å². The maximum atomic E-state index is 12.9. The summed E-state index contributed by atoms with van der Waals surface area (Å²) in [6, 6.07) is 13.8. The SMILES string of the molecule is CCOC(=O)Oc1ccc(C(=O)Nc2cccc(CNC(=O)CC34CC5CC(CC(C5)C3)C4)c2)cc1. The van der Waals surface area contributed by atoms with Crippen LogP contribution < -0.4 is 15.4 Å². The van der Waals surface area contributed by atoms with Crippen molar-refractivity contribution in [1.82, 2.24) is 5.32 Å². The Balaban J connectivity index is 1.12. The van der Waals surface area contributed by atoms with E-state index in [0.717, 1.165) is 23.3 Å². The fourth-order valence-electron chi connectivity index (χ4n) is 6.99. The Bertz CT molecular complexity index is 1090. The Morgan fingerprint density at radius 1 is 0.944 bits per heavy atom. The Labute approximate surface area is 211 Å². The highest BCUT2D eigenvalue weighted by atomic mass is 16.7. The summed E-state index contributed by atoms with van der Waals surface area (Å²) in [4.78, 5) is 36.9. The van der Waals surface area contributed by atoms with Gasteiger partial charge in [0, 0.05) is 24.2 Å². The Morgan fingerprint density at radius 2 is 1.61 bits per heavy atom. The van der Waals surface area contributed by atoms with Crippen LogP contribution in [0.25, 0.3) is 0 Å². The lowest BCUT2D eigenvalue weighted by molar-refractivity contribution is -0.129. The van der Waals surface area contributed by atoms with E-state index in [1.807, 2.05) is 24.3 Å². The third-order valence-corrected chi connectivity index (χ3v) is 7.96. The van der Waals surface area contributed by atoms with Crippen LogP contribution in [-0.4, -0.2) is 24.6 Å². The van der Waals surface area contributed by atoms with Gasteiger partial charge in [0.25, 0.3) is 5.91 Å². The van der Waals surface area contributed by atoms with E-state index in [1.165, 1.54) is 38.5 Å². The van der Waals surface area contributed by atoms with Gasteiger partial charge in [0.15, 0.2) is 0 Å². The molecule has 0 heterocycles. The molecular weight excluding hydrogens is 456 g/mol. The summed E-state index contributed by atoms with van der Waals surface area (Å²) in [5, 5.41) is 6.00. The zero-order chi connectivity index (χ0) is 25.1. The van der Waals surface area contributed by atoms with E-state index in [2.05, 4.69) is 10.6 Å². The summed E-state index contributed by atoms with van der Waals surface area (Å²) < 4.78 is 9.76. The first kappa shape index (κ1) is 24.3. The van der Waals surface area contributed by atoms with Crippen LogP contribution in [0.1, 0.15) is 67.8 Å². The van der Waals surface area contributed by atoms with E-state index in [1.54, 1.807) is 31.2 Å². The maximum Gasteiger partial charge on any atom is 0.513 e. The Kier molecular flexibility index (Phi) is 6.99. The summed E-state index contributed by atoms with van der Waals surface area (Å²) in [7, 11) is 0. The average molecular weight is 491 g/mol. The highest BCUT2D eigenvalue weighted by Gasteiger charge is 2.51. The van der Waals surface area contributed by atoms with Gasteiger partial charge < -0.3 is 20.1 Å². The molecule has 7 heteroatoms. The van der Waals surface area contributed by atoms with Crippen LogP contribution in [0, 0.1) is 23.2 Å². The molecule has 0 saturated heterocycles. The van der Waals surface area contributed by atoms with Crippen LogP contribution in [-0.2, 0) is 16.1 Å². The molecule has 4 aliphatic carbocycles. The number of nitrogens with one attached hydrogen (secondary N) is 2. The largest absolute Gasteiger partial charge is 0.513 e. The zero-order valence-corrected chi connectivity index (χ0v) is 20.8. The van der Waals surface area contributed by atoms with E-state index < -0.39 is 6.16 Å². The first-order valence-electron chi connectivity index (χ1n) is 13.0. The molecule has 36 heavy (non-hydrogen) atoms. The molecule has 2 N–H and O–H groups in total. The van der Waals surface area contributed by atoms with Gasteiger partial charge in [-0.2, -0.15) is 0 Å². The Morgan fingerprint density at radius 3 is 2.25 bits per heavy atom. The van der Waals surface area contributed by atoms with Gasteiger partial charge in [-0.3, -0.25) is 9.59 Å². The van der Waals surface area contributed by atoms with Gasteiger partial charge in [-0.05, 0) is 111 Å². The number of hydrogen-bond acceptors (Lipinski definition) is 5. The molecule has 2 aromatic carbocycles. The molecule has 4 fully saturated rings. The van der Waals surface area contributed by atoms with Crippen molar-refractivity contribution in [3.63, 3.8) is 0 Å². The van der Waals surface area contributed by atoms with Gasteiger partial charge in [-0.1, -0.05) is 12.1 Å². The lowest BCUT2D eigenvalue weighted by Gasteiger charge is -2.56. The van der Waals surface area contributed by atoms with Gasteiger partial charge >= 0.3 is 6.16 Å². The molecule has 0 aliphatic heterocycles. The highest BCUT2D eigenvalue weighted by molar-refractivity contribution is 6.04. The number of hydrogen-bond donors (Lipinski definition) is 2. The number of anilines is 1. The van der Waals surface area contributed by atoms with E-state index in [0.29, 0.717) is 30.0 Å². The van der Waals surface area contributed by atoms with Crippen molar-refractivity contribution in [1.29, 1.82) is 0 Å². The van der Waals surface area contributed by atoms with Crippen LogP contribution in [0.15, 0.2) is 48.5 Å². The van der Waals surface area contributed by atoms with Crippen molar-refractivity contribution in [3.05, 3.63) is 59.7 Å². The summed E-state index contributed by atoms with van der Waals surface area (Å²) in [5.74, 6) is 2.68. The molecule has 0 spiro atoms. The molecule has 0 radical (unpaired) electrons. The quantitative estimate of drug-likeness (QED) is 0.366. The second kappa shape index (κ2) is 10.3. The fraction of sp³-hybridized carbons (Fsp3) is 0.483. The van der Waals surface area contributed by atoms with E-state index in [4.69, 9.17) is 9.47 Å². The third-order valence-electron chi connectivity index (χ3n) is 7.96. The Hall–Kier alpha value is -3.35. The zero-order valence-electron chi connectivity index (χ0n) is 20.8. The lowest BCUT2D eigenvalue weighted by Crippen LogP contribution is -2.47. The predicted molar refractivity (Wildman–Crippen MR) is 136 cm³/mol. The molecule has 2 aromatic rings. The number of benzene rings is 2. The smallest absolute Gasteiger partial charge is 0.434 e. The van der Waals surface area contributed by atoms with Crippen LogP contribution in [0.4, 0.5) is 10.5 Å². The first-order valence-corrected chi connectivity index (χ1v) is 13.0. The van der Waals surface area contributed by atoms with Crippen molar-refractivity contribution in [2.24, 2.45) is 23.2 Å². The second-order valence-electron chi connectivity index (χ2n) is 10.8. The van der Waals surface area contributed by atoms with E-state index >= 15 is 0 Å². The number of carbonyl (C=O) groups excluding carboxylic acids is 3. The monoisotopic (exact) mass is 490 g/mol. The van der Waals surface area contributed by atoms with Gasteiger partial charge in [0.05, 0.1) is 6.61 Å². The molecule has 7 nitrogen and oxygen atoms in total. The van der Waals surface area contributed by atoms with Crippen molar-refractivity contribution in [2.75, 3.05) is 11.9 Å². The molecule has 190 valence electrons. The molecule has 0 atom stereocenters. The van der Waals surface area contributed by atoms with Crippen molar-refractivity contribution in [2.45, 2.75) is 58.4 Å². The van der Waals surface area contributed by atoms with Crippen LogP contribution in [0.2, 0.25) is 0 Å². The van der Waals surface area contributed by atoms with E-state index in [9.17, 15) is 14.4 Å². The summed E-state index contributed by atoms with van der Waals surface area (Å²) in [6.07, 6.45) is 7.68. The predicted octanol–water partition coefficient (Wildman–Crippen LogP) is 5.70. The lowest BCUT2D eigenvalue weighted by atomic mass is 9.49. The van der Waals surface area contributed by atoms with Gasteiger partial charge in [-0.15, -0.1) is 0 Å². The molecule has 4 bridgehead atoms. The van der Waals surface area contributed by atoms with Gasteiger partial charge in [-0.25, -0.2) is 4.79 Å². The number of rotatable bonds is 8. The van der Waals surface area contributed by atoms with Crippen LogP contribution >= 0.6 is 0 Å². The molecule has 6 rings (SSSR count). The van der Waals surface area contributed by atoms with Crippen molar-refractivity contribution < 1.29 is 23.9 Å². The number of ether oxygens (including phenoxy) is 2. The van der Waals surface area contributed by atoms with Crippen LogP contribution in [0.3, 0.4) is 0 Å². The third kappa shape index (κ3) is 5.72. The summed E-state index contributed by atoms with van der Waals surface area (Å²) in [6.45, 7) is 2.36. The average Bonchev–Trinajstić information content (AvgIpc) is 2.82. The fourth-order valence-corrected chi connectivity index (χ4v) is 6.99. The molecule has 0 unspecified atom stereocenters. The van der Waals surface area contributed by atoms with Crippen LogP contribution in [0.5, 0.6) is 5.75 Å².